The smallest absolute Gasteiger partial charge is 0.293 e. The van der Waals surface area contributed by atoms with Crippen LogP contribution < -0.4 is 4.74 Å². The molecule has 1 aromatic rings. The number of amides is 2. The van der Waals surface area contributed by atoms with Gasteiger partial charge in [-0.05, 0) is 23.9 Å². The van der Waals surface area contributed by atoms with E-state index >= 15 is 0 Å². The van der Waals surface area contributed by atoms with Crippen LogP contribution in [-0.4, -0.2) is 29.7 Å². The predicted octanol–water partition coefficient (Wildman–Crippen LogP) is 2.92. The minimum atomic E-state index is -0.284. The molecular weight excluding hydrogens is 262 g/mol. The summed E-state index contributed by atoms with van der Waals surface area (Å²) in [5.74, 6) is 0.374. The minimum Gasteiger partial charge on any atom is -0.489 e. The number of para-hydroxylation sites is 1. The van der Waals surface area contributed by atoms with Gasteiger partial charge in [0.15, 0.2) is 0 Å². The van der Waals surface area contributed by atoms with Crippen LogP contribution in [0.3, 0.4) is 0 Å². The second-order valence-electron chi connectivity index (χ2n) is 3.88. The van der Waals surface area contributed by atoms with E-state index in [-0.39, 0.29) is 11.1 Å². The summed E-state index contributed by atoms with van der Waals surface area (Å²) >= 11 is 0.932. The van der Waals surface area contributed by atoms with Crippen LogP contribution >= 0.6 is 11.8 Å². The van der Waals surface area contributed by atoms with E-state index in [4.69, 9.17) is 4.74 Å². The maximum Gasteiger partial charge on any atom is 0.293 e. The third kappa shape index (κ3) is 2.88. The average molecular weight is 275 g/mol. The Morgan fingerprint density at radius 1 is 1.37 bits per heavy atom. The minimum absolute atomic E-state index is 0.263. The summed E-state index contributed by atoms with van der Waals surface area (Å²) < 4.78 is 5.50. The molecule has 0 saturated carbocycles. The van der Waals surface area contributed by atoms with Gasteiger partial charge in [-0.25, -0.2) is 0 Å². The summed E-state index contributed by atoms with van der Waals surface area (Å²) in [5.41, 5.74) is 0.767. The first-order chi connectivity index (χ1) is 9.13. The van der Waals surface area contributed by atoms with Crippen molar-refractivity contribution in [1.82, 2.24) is 4.90 Å². The molecule has 0 N–H and O–H groups in total. The van der Waals surface area contributed by atoms with Crippen molar-refractivity contribution < 1.29 is 14.3 Å². The lowest BCUT2D eigenvalue weighted by atomic mass is 10.2. The van der Waals surface area contributed by atoms with Gasteiger partial charge >= 0.3 is 0 Å². The lowest BCUT2D eigenvalue weighted by Gasteiger charge is -2.07. The standard InChI is InChI=1S/C14H13NO3S/c1-3-8-18-11-7-5-4-6-10(11)9-12-13(16)15(2)14(17)19-12/h3-7,9H,1,8H2,2H3/b12-9-. The molecule has 4 nitrogen and oxygen atoms in total. The van der Waals surface area contributed by atoms with Crippen LogP contribution in [0.1, 0.15) is 5.56 Å². The highest BCUT2D eigenvalue weighted by Crippen LogP contribution is 2.32. The van der Waals surface area contributed by atoms with E-state index in [9.17, 15) is 9.59 Å². The van der Waals surface area contributed by atoms with Gasteiger partial charge in [0, 0.05) is 12.6 Å². The molecule has 0 unspecified atom stereocenters. The van der Waals surface area contributed by atoms with E-state index in [0.29, 0.717) is 17.3 Å². The van der Waals surface area contributed by atoms with Gasteiger partial charge < -0.3 is 4.74 Å². The predicted molar refractivity (Wildman–Crippen MR) is 75.9 cm³/mol. The van der Waals surface area contributed by atoms with Crippen molar-refractivity contribution in [3.63, 3.8) is 0 Å². The third-order valence-corrected chi connectivity index (χ3v) is 3.51. The van der Waals surface area contributed by atoms with Crippen LogP contribution in [-0.2, 0) is 4.79 Å². The van der Waals surface area contributed by atoms with Gasteiger partial charge in [-0.1, -0.05) is 30.9 Å². The second kappa shape index (κ2) is 5.75. The first-order valence-corrected chi connectivity index (χ1v) is 6.49. The van der Waals surface area contributed by atoms with Crippen LogP contribution in [0.25, 0.3) is 6.08 Å². The van der Waals surface area contributed by atoms with E-state index in [2.05, 4.69) is 6.58 Å². The molecule has 0 radical (unpaired) electrons. The number of carbonyl (C=O) groups is 2. The summed E-state index contributed by atoms with van der Waals surface area (Å²) in [6, 6.07) is 7.34. The number of hydrogen-bond donors (Lipinski definition) is 0. The molecular formula is C14H13NO3S. The van der Waals surface area contributed by atoms with Gasteiger partial charge in [0.1, 0.15) is 12.4 Å². The molecule has 1 heterocycles. The van der Waals surface area contributed by atoms with Crippen LogP contribution in [0.5, 0.6) is 5.75 Å². The fourth-order valence-electron chi connectivity index (χ4n) is 1.57. The first-order valence-electron chi connectivity index (χ1n) is 5.67. The molecule has 5 heteroatoms. The van der Waals surface area contributed by atoms with E-state index in [1.807, 2.05) is 24.3 Å². The zero-order chi connectivity index (χ0) is 13.8. The molecule has 98 valence electrons. The van der Waals surface area contributed by atoms with Gasteiger partial charge in [0.2, 0.25) is 0 Å². The molecule has 0 spiro atoms. The number of rotatable bonds is 4. The Morgan fingerprint density at radius 3 is 2.74 bits per heavy atom. The van der Waals surface area contributed by atoms with Crippen LogP contribution in [0.15, 0.2) is 41.8 Å². The quantitative estimate of drug-likeness (QED) is 0.626. The Hall–Kier alpha value is -2.01. The summed E-state index contributed by atoms with van der Waals surface area (Å²) in [7, 11) is 1.47. The third-order valence-electron chi connectivity index (χ3n) is 2.55. The van der Waals surface area contributed by atoms with E-state index < -0.39 is 0 Å². The zero-order valence-electron chi connectivity index (χ0n) is 10.5. The fraction of sp³-hybridized carbons (Fsp3) is 0.143. The Bertz CT molecular complexity index is 566. The molecule has 0 aliphatic carbocycles. The van der Waals surface area contributed by atoms with Crippen LogP contribution in [0.4, 0.5) is 4.79 Å². The average Bonchev–Trinajstić information content (AvgIpc) is 2.65. The lowest BCUT2D eigenvalue weighted by Crippen LogP contribution is -2.22. The maximum atomic E-state index is 11.8. The summed E-state index contributed by atoms with van der Waals surface area (Å²) in [5, 5.41) is -0.263. The molecule has 1 saturated heterocycles. The number of benzene rings is 1. The number of carbonyl (C=O) groups excluding carboxylic acids is 2. The topological polar surface area (TPSA) is 46.6 Å². The van der Waals surface area contributed by atoms with Gasteiger partial charge in [-0.15, -0.1) is 0 Å². The van der Waals surface area contributed by atoms with Crippen molar-refractivity contribution >= 4 is 29.0 Å². The molecule has 0 bridgehead atoms. The lowest BCUT2D eigenvalue weighted by molar-refractivity contribution is -0.121. The van der Waals surface area contributed by atoms with Crippen molar-refractivity contribution in [2.45, 2.75) is 0 Å². The van der Waals surface area contributed by atoms with Crippen molar-refractivity contribution in [3.05, 3.63) is 47.4 Å². The number of ether oxygens (including phenoxy) is 1. The summed E-state index contributed by atoms with van der Waals surface area (Å²) in [6.45, 7) is 3.98. The van der Waals surface area contributed by atoms with Gasteiger partial charge in [-0.3, -0.25) is 14.5 Å². The highest BCUT2D eigenvalue weighted by Gasteiger charge is 2.31. The SMILES string of the molecule is C=CCOc1ccccc1/C=C1\SC(=O)N(C)C1=O. The number of imide groups is 1. The highest BCUT2D eigenvalue weighted by molar-refractivity contribution is 8.18. The largest absolute Gasteiger partial charge is 0.489 e. The Morgan fingerprint density at radius 2 is 2.11 bits per heavy atom. The molecule has 0 aromatic heterocycles. The Balaban J connectivity index is 2.30. The monoisotopic (exact) mass is 275 g/mol. The number of hydrogen-bond acceptors (Lipinski definition) is 4. The van der Waals surface area contributed by atoms with Gasteiger partial charge in [0.05, 0.1) is 4.91 Å². The normalized spacial score (nSPS) is 17.1. The molecule has 1 aliphatic rings. The molecule has 1 aliphatic heterocycles. The maximum absolute atomic E-state index is 11.8. The molecule has 1 fully saturated rings. The van der Waals surface area contributed by atoms with E-state index in [1.165, 1.54) is 7.05 Å². The number of nitrogens with zero attached hydrogens (tertiary/aromatic N) is 1. The first kappa shape index (κ1) is 13.4. The molecule has 2 rings (SSSR count). The summed E-state index contributed by atoms with van der Waals surface area (Å²) in [4.78, 5) is 24.7. The molecule has 0 atom stereocenters. The summed E-state index contributed by atoms with van der Waals surface area (Å²) in [6.07, 6.45) is 3.32. The zero-order valence-corrected chi connectivity index (χ0v) is 11.3. The number of likely N-dealkylation sites (N-methyl/N-ethyl adjacent to an activating group) is 1. The van der Waals surface area contributed by atoms with E-state index in [1.54, 1.807) is 12.2 Å². The van der Waals surface area contributed by atoms with Gasteiger partial charge in [0.25, 0.3) is 11.1 Å². The van der Waals surface area contributed by atoms with Crippen molar-refractivity contribution in [2.75, 3.05) is 13.7 Å². The molecule has 1 aromatic carbocycles. The van der Waals surface area contributed by atoms with Crippen molar-refractivity contribution in [2.24, 2.45) is 0 Å². The van der Waals surface area contributed by atoms with Crippen LogP contribution in [0, 0.1) is 0 Å². The second-order valence-corrected chi connectivity index (χ2v) is 4.87. The number of thioether (sulfide) groups is 1. The Labute approximate surface area is 115 Å². The van der Waals surface area contributed by atoms with E-state index in [0.717, 1.165) is 22.2 Å². The Kier molecular flexibility index (Phi) is 4.06. The highest BCUT2D eigenvalue weighted by atomic mass is 32.2. The molecule has 19 heavy (non-hydrogen) atoms. The van der Waals surface area contributed by atoms with Crippen LogP contribution in [0.2, 0.25) is 0 Å². The molecule has 2 amide bonds. The van der Waals surface area contributed by atoms with Crippen molar-refractivity contribution in [3.8, 4) is 5.75 Å². The van der Waals surface area contributed by atoms with Gasteiger partial charge in [-0.2, -0.15) is 0 Å². The van der Waals surface area contributed by atoms with Crippen molar-refractivity contribution in [1.29, 1.82) is 0 Å². The fourth-order valence-corrected chi connectivity index (χ4v) is 2.38.